The zero-order valence-electron chi connectivity index (χ0n) is 14.3. The summed E-state index contributed by atoms with van der Waals surface area (Å²) in [5.74, 6) is -1.98. The van der Waals surface area contributed by atoms with Gasteiger partial charge < -0.3 is 9.73 Å². The molecule has 0 saturated carbocycles. The Balaban J connectivity index is 1.89. The molecule has 4 rings (SSSR count). The van der Waals surface area contributed by atoms with Crippen molar-refractivity contribution in [3.63, 3.8) is 0 Å². The quantitative estimate of drug-likeness (QED) is 0.711. The minimum Gasteiger partial charge on any atom is -0.424 e. The largest absolute Gasteiger partial charge is 0.424 e. The first-order valence-corrected chi connectivity index (χ1v) is 8.40. The summed E-state index contributed by atoms with van der Waals surface area (Å²) in [5.41, 5.74) is 1.27. The summed E-state index contributed by atoms with van der Waals surface area (Å²) in [7, 11) is 0. The lowest BCUT2D eigenvalue weighted by atomic mass is 9.95. The van der Waals surface area contributed by atoms with Gasteiger partial charge in [0.15, 0.2) is 11.7 Å². The highest BCUT2D eigenvalue weighted by atomic mass is 35.5. The summed E-state index contributed by atoms with van der Waals surface area (Å²) < 4.78 is 46.3. The number of halogens is 4. The smallest absolute Gasteiger partial charge is 0.247 e. The minimum absolute atomic E-state index is 0.0589. The highest BCUT2D eigenvalue weighted by molar-refractivity contribution is 6.31. The Morgan fingerprint density at radius 3 is 2.64 bits per heavy atom. The molecule has 0 aliphatic carbocycles. The molecule has 0 spiro atoms. The number of nitrogens with one attached hydrogen (secondary N) is 1. The van der Waals surface area contributed by atoms with Gasteiger partial charge in [-0.1, -0.05) is 17.7 Å². The number of benzene rings is 1. The van der Waals surface area contributed by atoms with Crippen LogP contribution in [-0.4, -0.2) is 21.0 Å². The number of hydrogen-bond acceptors (Lipinski definition) is 6. The summed E-state index contributed by atoms with van der Waals surface area (Å²) in [6.07, 6.45) is 2.04. The van der Waals surface area contributed by atoms with E-state index < -0.39 is 23.5 Å². The summed E-state index contributed by atoms with van der Waals surface area (Å²) in [6, 6.07) is 3.74. The van der Waals surface area contributed by atoms with E-state index in [0.29, 0.717) is 22.9 Å². The van der Waals surface area contributed by atoms with E-state index >= 15 is 0 Å². The Labute approximate surface area is 161 Å². The lowest BCUT2D eigenvalue weighted by Crippen LogP contribution is -2.31. The molecule has 0 saturated heterocycles. The van der Waals surface area contributed by atoms with Crippen molar-refractivity contribution >= 4 is 23.0 Å². The molecule has 0 amide bonds. The van der Waals surface area contributed by atoms with Crippen LogP contribution >= 0.6 is 11.6 Å². The molecule has 1 aromatic carbocycles. The van der Waals surface area contributed by atoms with E-state index in [1.54, 1.807) is 6.92 Å². The first kappa shape index (κ1) is 18.2. The van der Waals surface area contributed by atoms with E-state index in [1.807, 2.05) is 0 Å². The number of aromatic nitrogens is 3. The molecule has 1 N–H and O–H groups in total. The van der Waals surface area contributed by atoms with Crippen LogP contribution < -0.4 is 5.32 Å². The van der Waals surface area contributed by atoms with Crippen LogP contribution in [0.3, 0.4) is 0 Å². The van der Waals surface area contributed by atoms with Crippen molar-refractivity contribution in [2.24, 2.45) is 4.99 Å². The van der Waals surface area contributed by atoms with Crippen LogP contribution in [0.25, 0.3) is 5.57 Å². The third-order valence-electron chi connectivity index (χ3n) is 4.12. The first-order chi connectivity index (χ1) is 13.4. The number of pyridine rings is 1. The van der Waals surface area contributed by atoms with Crippen molar-refractivity contribution in [3.05, 3.63) is 82.2 Å². The Morgan fingerprint density at radius 1 is 1.14 bits per heavy atom. The van der Waals surface area contributed by atoms with Gasteiger partial charge in [-0.05, 0) is 19.1 Å². The van der Waals surface area contributed by atoms with Crippen LogP contribution in [-0.2, 0) is 0 Å². The number of hydrogen-bond donors (Lipinski definition) is 1. The van der Waals surface area contributed by atoms with Gasteiger partial charge >= 0.3 is 0 Å². The maximum Gasteiger partial charge on any atom is 0.247 e. The summed E-state index contributed by atoms with van der Waals surface area (Å²) in [4.78, 5) is 8.26. The predicted octanol–water partition coefficient (Wildman–Crippen LogP) is 4.06. The van der Waals surface area contributed by atoms with Crippen LogP contribution in [0.15, 0.2) is 52.0 Å². The number of allylic oxidation sites excluding steroid dienone is 1. The average molecular weight is 406 g/mol. The second-order valence-electron chi connectivity index (χ2n) is 5.94. The Hall–Kier alpha value is -3.20. The van der Waals surface area contributed by atoms with Gasteiger partial charge in [-0.2, -0.15) is 0 Å². The standard InChI is InChI=1S/C18H11ClF3N5O/c1-8-14(18-27-24-7-28-18)15(11-3-2-9(20)4-12(11)19)26-17(25-8)16-13(22)5-10(21)6-23-16/h2-7,15H,1H3,(H,25,26). The number of rotatable bonds is 3. The molecule has 6 nitrogen and oxygen atoms in total. The third kappa shape index (κ3) is 3.24. The van der Waals surface area contributed by atoms with Crippen molar-refractivity contribution in [2.75, 3.05) is 0 Å². The highest BCUT2D eigenvalue weighted by Crippen LogP contribution is 2.40. The van der Waals surface area contributed by atoms with Crippen LogP contribution in [0.2, 0.25) is 5.02 Å². The molecule has 1 atom stereocenters. The van der Waals surface area contributed by atoms with Crippen LogP contribution in [0, 0.1) is 17.5 Å². The van der Waals surface area contributed by atoms with Gasteiger partial charge in [-0.15, -0.1) is 10.2 Å². The van der Waals surface area contributed by atoms with Crippen LogP contribution in [0.1, 0.15) is 30.1 Å². The Bertz CT molecular complexity index is 1110. The maximum atomic E-state index is 14.2. The van der Waals surface area contributed by atoms with E-state index in [-0.39, 0.29) is 22.4 Å². The topological polar surface area (TPSA) is 76.2 Å². The van der Waals surface area contributed by atoms with E-state index in [9.17, 15) is 13.2 Å². The van der Waals surface area contributed by atoms with Crippen LogP contribution in [0.4, 0.5) is 13.2 Å². The normalized spacial score (nSPS) is 16.8. The second kappa shape index (κ2) is 7.08. The van der Waals surface area contributed by atoms with Gasteiger partial charge in [-0.25, -0.2) is 18.2 Å². The van der Waals surface area contributed by atoms with E-state index in [1.165, 1.54) is 12.1 Å². The molecule has 3 heterocycles. The molecule has 0 radical (unpaired) electrons. The average Bonchev–Trinajstić information content (AvgIpc) is 3.15. The highest BCUT2D eigenvalue weighted by Gasteiger charge is 2.31. The van der Waals surface area contributed by atoms with Gasteiger partial charge in [0, 0.05) is 22.3 Å². The fraction of sp³-hybridized carbons (Fsp3) is 0.111. The molecule has 0 fully saturated rings. The van der Waals surface area contributed by atoms with Gasteiger partial charge in [0.25, 0.3) is 0 Å². The molecule has 3 aromatic rings. The molecular formula is C18H11ClF3N5O. The first-order valence-electron chi connectivity index (χ1n) is 8.02. The van der Waals surface area contributed by atoms with Gasteiger partial charge in [0.05, 0.1) is 11.8 Å². The zero-order chi connectivity index (χ0) is 19.8. The fourth-order valence-electron chi connectivity index (χ4n) is 2.90. The summed E-state index contributed by atoms with van der Waals surface area (Å²) >= 11 is 6.22. The van der Waals surface area contributed by atoms with Gasteiger partial charge in [0.1, 0.15) is 23.4 Å². The van der Waals surface area contributed by atoms with E-state index in [0.717, 1.165) is 18.7 Å². The van der Waals surface area contributed by atoms with Crippen molar-refractivity contribution in [1.82, 2.24) is 20.5 Å². The number of nitrogens with zero attached hydrogens (tertiary/aromatic N) is 4. The summed E-state index contributed by atoms with van der Waals surface area (Å²) in [6.45, 7) is 1.69. The van der Waals surface area contributed by atoms with Gasteiger partial charge in [-0.3, -0.25) is 4.99 Å². The molecule has 1 aliphatic heterocycles. The van der Waals surface area contributed by atoms with Crippen molar-refractivity contribution < 1.29 is 17.6 Å². The molecule has 1 aliphatic rings. The summed E-state index contributed by atoms with van der Waals surface area (Å²) in [5, 5.41) is 10.6. The zero-order valence-corrected chi connectivity index (χ0v) is 15.0. The molecule has 1 unspecified atom stereocenters. The number of amidine groups is 1. The van der Waals surface area contributed by atoms with Crippen molar-refractivity contribution in [3.8, 4) is 0 Å². The molecule has 0 bridgehead atoms. The lowest BCUT2D eigenvalue weighted by Gasteiger charge is -2.26. The van der Waals surface area contributed by atoms with Crippen molar-refractivity contribution in [2.45, 2.75) is 13.0 Å². The Morgan fingerprint density at radius 2 is 1.96 bits per heavy atom. The van der Waals surface area contributed by atoms with Crippen molar-refractivity contribution in [1.29, 1.82) is 0 Å². The lowest BCUT2D eigenvalue weighted by molar-refractivity contribution is 0.530. The molecular weight excluding hydrogens is 395 g/mol. The predicted molar refractivity (Wildman–Crippen MR) is 94.9 cm³/mol. The van der Waals surface area contributed by atoms with E-state index in [4.69, 9.17) is 16.0 Å². The monoisotopic (exact) mass is 405 g/mol. The minimum atomic E-state index is -0.885. The van der Waals surface area contributed by atoms with Crippen LogP contribution in [0.5, 0.6) is 0 Å². The van der Waals surface area contributed by atoms with Gasteiger partial charge in [0.2, 0.25) is 12.3 Å². The molecule has 2 aromatic heterocycles. The molecule has 10 heteroatoms. The second-order valence-corrected chi connectivity index (χ2v) is 6.34. The fourth-order valence-corrected chi connectivity index (χ4v) is 3.17. The Kier molecular flexibility index (Phi) is 4.60. The SMILES string of the molecule is CC1=C(c2nnco2)C(c2ccc(F)cc2Cl)N=C(c2ncc(F)cc2F)N1. The molecule has 142 valence electrons. The number of aliphatic imine (C=N–C) groups is 1. The third-order valence-corrected chi connectivity index (χ3v) is 4.45. The maximum absolute atomic E-state index is 14.2. The molecule has 28 heavy (non-hydrogen) atoms. The van der Waals surface area contributed by atoms with E-state index in [2.05, 4.69) is 25.5 Å².